The van der Waals surface area contributed by atoms with E-state index in [0.29, 0.717) is 11.7 Å². The predicted octanol–water partition coefficient (Wildman–Crippen LogP) is 5.06. The van der Waals surface area contributed by atoms with Gasteiger partial charge in [0.15, 0.2) is 11.0 Å². The summed E-state index contributed by atoms with van der Waals surface area (Å²) in [7, 11) is 3.63. The van der Waals surface area contributed by atoms with E-state index < -0.39 is 0 Å². The third-order valence-electron chi connectivity index (χ3n) is 5.16. The maximum atomic E-state index is 13.4. The third-order valence-corrected chi connectivity index (χ3v) is 6.28. The van der Waals surface area contributed by atoms with Gasteiger partial charge < -0.3 is 9.47 Å². The van der Waals surface area contributed by atoms with E-state index in [9.17, 15) is 9.18 Å². The zero-order valence-electron chi connectivity index (χ0n) is 18.9. The van der Waals surface area contributed by atoms with Gasteiger partial charge in [0.25, 0.3) is 0 Å². The standard InChI is InChI=1S/C24H29FN4OS/c1-16(22(30)28(5)15-17-8-7-9-20(25)14-17)31-23-27-26-21(29(23)6)18-10-12-19(13-11-18)24(2,3)4/h7-14,16H,15H2,1-6H3/t16-/m0/s1. The van der Waals surface area contributed by atoms with Gasteiger partial charge >= 0.3 is 0 Å². The number of hydrogen-bond acceptors (Lipinski definition) is 4. The summed E-state index contributed by atoms with van der Waals surface area (Å²) in [6.07, 6.45) is 0. The molecule has 31 heavy (non-hydrogen) atoms. The van der Waals surface area contributed by atoms with Crippen LogP contribution in [0.2, 0.25) is 0 Å². The number of carbonyl (C=O) groups excluding carboxylic acids is 1. The molecule has 0 unspecified atom stereocenters. The van der Waals surface area contributed by atoms with Crippen molar-refractivity contribution in [2.45, 2.75) is 50.1 Å². The molecule has 1 heterocycles. The van der Waals surface area contributed by atoms with Crippen LogP contribution in [0.25, 0.3) is 11.4 Å². The molecule has 7 heteroatoms. The maximum Gasteiger partial charge on any atom is 0.235 e. The molecule has 0 N–H and O–H groups in total. The minimum Gasteiger partial charge on any atom is -0.340 e. The largest absolute Gasteiger partial charge is 0.340 e. The summed E-state index contributed by atoms with van der Waals surface area (Å²) in [4.78, 5) is 14.4. The summed E-state index contributed by atoms with van der Waals surface area (Å²) in [5, 5.41) is 8.96. The highest BCUT2D eigenvalue weighted by molar-refractivity contribution is 8.00. The molecule has 0 bridgehead atoms. The first-order valence-electron chi connectivity index (χ1n) is 10.2. The van der Waals surface area contributed by atoms with Crippen molar-refractivity contribution in [1.29, 1.82) is 0 Å². The number of benzene rings is 2. The van der Waals surface area contributed by atoms with Crippen LogP contribution in [-0.2, 0) is 23.8 Å². The van der Waals surface area contributed by atoms with Gasteiger partial charge in [0.1, 0.15) is 5.82 Å². The molecule has 164 valence electrons. The number of thioether (sulfide) groups is 1. The van der Waals surface area contributed by atoms with Crippen LogP contribution in [0.4, 0.5) is 4.39 Å². The average Bonchev–Trinajstić information content (AvgIpc) is 3.07. The van der Waals surface area contributed by atoms with Gasteiger partial charge in [-0.1, -0.05) is 68.9 Å². The van der Waals surface area contributed by atoms with E-state index in [1.807, 2.05) is 24.6 Å². The van der Waals surface area contributed by atoms with Crippen LogP contribution in [0.15, 0.2) is 53.7 Å². The lowest BCUT2D eigenvalue weighted by molar-refractivity contribution is -0.129. The van der Waals surface area contributed by atoms with Crippen LogP contribution < -0.4 is 0 Å². The Morgan fingerprint density at radius 1 is 1.16 bits per heavy atom. The molecule has 0 aliphatic heterocycles. The zero-order chi connectivity index (χ0) is 22.8. The van der Waals surface area contributed by atoms with Crippen LogP contribution >= 0.6 is 11.8 Å². The summed E-state index contributed by atoms with van der Waals surface area (Å²) >= 11 is 1.37. The summed E-state index contributed by atoms with van der Waals surface area (Å²) in [5.74, 6) is 0.409. The highest BCUT2D eigenvalue weighted by atomic mass is 32.2. The lowest BCUT2D eigenvalue weighted by Crippen LogP contribution is -2.33. The second-order valence-electron chi connectivity index (χ2n) is 8.78. The molecular formula is C24H29FN4OS. The van der Waals surface area contributed by atoms with Gasteiger partial charge in [-0.05, 0) is 35.6 Å². The molecule has 0 aliphatic carbocycles. The molecule has 2 aromatic carbocycles. The number of aromatic nitrogens is 3. The smallest absolute Gasteiger partial charge is 0.235 e. The van der Waals surface area contributed by atoms with Gasteiger partial charge in [-0.15, -0.1) is 10.2 Å². The Bertz CT molecular complexity index is 1060. The molecule has 1 atom stereocenters. The van der Waals surface area contributed by atoms with Gasteiger partial charge in [-0.2, -0.15) is 0 Å². The van der Waals surface area contributed by atoms with Gasteiger partial charge in [0.05, 0.1) is 5.25 Å². The Morgan fingerprint density at radius 2 is 1.84 bits per heavy atom. The first kappa shape index (κ1) is 23.0. The average molecular weight is 441 g/mol. The van der Waals surface area contributed by atoms with E-state index in [-0.39, 0.29) is 22.4 Å². The van der Waals surface area contributed by atoms with Crippen LogP contribution in [0.3, 0.4) is 0 Å². The van der Waals surface area contributed by atoms with Crippen molar-refractivity contribution in [2.24, 2.45) is 7.05 Å². The SMILES string of the molecule is C[C@H](Sc1nnc(-c2ccc(C(C)(C)C)cc2)n1C)C(=O)N(C)Cc1cccc(F)c1. The topological polar surface area (TPSA) is 51.0 Å². The second kappa shape index (κ2) is 9.22. The molecule has 0 fully saturated rings. The van der Waals surface area contributed by atoms with Crippen LogP contribution in [0, 0.1) is 5.82 Å². The van der Waals surface area contributed by atoms with Crippen molar-refractivity contribution in [1.82, 2.24) is 19.7 Å². The highest BCUT2D eigenvalue weighted by Gasteiger charge is 2.22. The fraction of sp³-hybridized carbons (Fsp3) is 0.375. The van der Waals surface area contributed by atoms with Crippen LogP contribution in [-0.4, -0.2) is 37.9 Å². The molecule has 0 saturated carbocycles. The minimum atomic E-state index is -0.349. The molecule has 1 aromatic heterocycles. The predicted molar refractivity (Wildman–Crippen MR) is 123 cm³/mol. The van der Waals surface area contributed by atoms with Crippen molar-refractivity contribution in [2.75, 3.05) is 7.05 Å². The normalized spacial score (nSPS) is 12.6. The van der Waals surface area contributed by atoms with Gasteiger partial charge in [-0.25, -0.2) is 4.39 Å². The molecule has 3 rings (SSSR count). The Labute approximate surface area is 187 Å². The Morgan fingerprint density at radius 3 is 2.45 bits per heavy atom. The highest BCUT2D eigenvalue weighted by Crippen LogP contribution is 2.28. The Kier molecular flexibility index (Phi) is 6.84. The van der Waals surface area contributed by atoms with E-state index in [1.165, 1.54) is 29.5 Å². The van der Waals surface area contributed by atoms with E-state index in [1.54, 1.807) is 18.0 Å². The first-order chi connectivity index (χ1) is 14.6. The van der Waals surface area contributed by atoms with Gasteiger partial charge in [0.2, 0.25) is 5.91 Å². The molecule has 0 aliphatic rings. The summed E-state index contributed by atoms with van der Waals surface area (Å²) < 4.78 is 15.3. The van der Waals surface area contributed by atoms with Crippen molar-refractivity contribution in [3.05, 3.63) is 65.5 Å². The lowest BCUT2D eigenvalue weighted by Gasteiger charge is -2.21. The maximum absolute atomic E-state index is 13.4. The quantitative estimate of drug-likeness (QED) is 0.503. The number of rotatable bonds is 6. The second-order valence-corrected chi connectivity index (χ2v) is 10.1. The summed E-state index contributed by atoms with van der Waals surface area (Å²) in [5.41, 5.74) is 3.09. The van der Waals surface area contributed by atoms with Crippen molar-refractivity contribution in [3.8, 4) is 11.4 Å². The third kappa shape index (κ3) is 5.53. The number of amides is 1. The van der Waals surface area contributed by atoms with Gasteiger partial charge in [0, 0.05) is 26.2 Å². The Hall–Kier alpha value is -2.67. The molecule has 0 radical (unpaired) electrons. The van der Waals surface area contributed by atoms with Crippen molar-refractivity contribution < 1.29 is 9.18 Å². The molecular weight excluding hydrogens is 411 g/mol. The molecule has 0 saturated heterocycles. The van der Waals surface area contributed by atoms with Crippen molar-refractivity contribution >= 4 is 17.7 Å². The van der Waals surface area contributed by atoms with E-state index in [4.69, 9.17) is 0 Å². The van der Waals surface area contributed by atoms with Crippen molar-refractivity contribution in [3.63, 3.8) is 0 Å². The summed E-state index contributed by atoms with van der Waals surface area (Å²) in [6.45, 7) is 8.75. The first-order valence-corrected chi connectivity index (χ1v) is 11.1. The monoisotopic (exact) mass is 440 g/mol. The number of carbonyl (C=O) groups is 1. The zero-order valence-corrected chi connectivity index (χ0v) is 19.7. The molecule has 3 aromatic rings. The van der Waals surface area contributed by atoms with Gasteiger partial charge in [-0.3, -0.25) is 4.79 Å². The van der Waals surface area contributed by atoms with Crippen LogP contribution in [0.5, 0.6) is 0 Å². The molecule has 5 nitrogen and oxygen atoms in total. The van der Waals surface area contributed by atoms with Crippen LogP contribution in [0.1, 0.15) is 38.8 Å². The van der Waals surface area contributed by atoms with E-state index >= 15 is 0 Å². The molecule has 0 spiro atoms. The lowest BCUT2D eigenvalue weighted by atomic mass is 9.87. The minimum absolute atomic E-state index is 0.0478. The number of halogens is 1. The fourth-order valence-corrected chi connectivity index (χ4v) is 4.22. The number of nitrogens with zero attached hydrogens (tertiary/aromatic N) is 4. The Balaban J connectivity index is 1.68. The fourth-order valence-electron chi connectivity index (χ4n) is 3.29. The van der Waals surface area contributed by atoms with E-state index in [0.717, 1.165) is 17.0 Å². The van der Waals surface area contributed by atoms with E-state index in [2.05, 4.69) is 55.2 Å². The number of hydrogen-bond donors (Lipinski definition) is 0. The molecule has 1 amide bonds. The summed E-state index contributed by atoms with van der Waals surface area (Å²) in [6, 6.07) is 14.6.